The third kappa shape index (κ3) is 3.99. The van der Waals surface area contributed by atoms with Crippen molar-refractivity contribution < 1.29 is 14.3 Å². The zero-order valence-electron chi connectivity index (χ0n) is 14.7. The van der Waals surface area contributed by atoms with Gasteiger partial charge in [0.15, 0.2) is 0 Å². The Balaban J connectivity index is 1.69. The van der Waals surface area contributed by atoms with Gasteiger partial charge in [-0.25, -0.2) is 9.78 Å². The lowest BCUT2D eigenvalue weighted by Crippen LogP contribution is -2.50. The van der Waals surface area contributed by atoms with Crippen LogP contribution < -0.4 is 0 Å². The fraction of sp³-hybridized carbons (Fsp3) is 0.389. The van der Waals surface area contributed by atoms with E-state index >= 15 is 0 Å². The Morgan fingerprint density at radius 2 is 1.77 bits per heavy atom. The summed E-state index contributed by atoms with van der Waals surface area (Å²) in [4.78, 5) is 33.2. The van der Waals surface area contributed by atoms with Gasteiger partial charge in [0.1, 0.15) is 9.88 Å². The number of benzene rings is 1. The Morgan fingerprint density at radius 3 is 2.38 bits per heavy atom. The van der Waals surface area contributed by atoms with Gasteiger partial charge in [0.05, 0.1) is 12.3 Å². The van der Waals surface area contributed by atoms with E-state index in [1.165, 1.54) is 11.3 Å². The molecule has 6 nitrogen and oxygen atoms in total. The Bertz CT molecular complexity index is 799. The molecule has 138 valence electrons. The van der Waals surface area contributed by atoms with Crippen molar-refractivity contribution in [1.29, 1.82) is 0 Å². The molecule has 1 aromatic carbocycles. The summed E-state index contributed by atoms with van der Waals surface area (Å²) in [6.07, 6.45) is -0.321. The molecule has 1 aliphatic rings. The van der Waals surface area contributed by atoms with Crippen molar-refractivity contribution in [1.82, 2.24) is 14.8 Å². The zero-order chi connectivity index (χ0) is 18.7. The maximum Gasteiger partial charge on any atom is 0.409 e. The molecule has 0 saturated carbocycles. The van der Waals surface area contributed by atoms with Gasteiger partial charge in [0.2, 0.25) is 0 Å². The first-order valence-electron chi connectivity index (χ1n) is 8.44. The second kappa shape index (κ2) is 8.05. The minimum absolute atomic E-state index is 0.0382. The summed E-state index contributed by atoms with van der Waals surface area (Å²) in [6, 6.07) is 7.41. The molecular weight excluding hydrogens is 374 g/mol. The standard InChI is InChI=1S/C18H20ClN3O3S/c1-3-25-18(24)22-10-8-21(9-11-22)17(23)15-12(2)20-16(26-15)13-4-6-14(19)7-5-13/h4-7H,3,8-11H2,1-2H3. The van der Waals surface area contributed by atoms with Crippen LogP contribution in [0.3, 0.4) is 0 Å². The van der Waals surface area contributed by atoms with Crippen LogP contribution in [0.5, 0.6) is 0 Å². The number of thiazole rings is 1. The number of rotatable bonds is 3. The second-order valence-electron chi connectivity index (χ2n) is 5.92. The molecule has 2 aromatic rings. The van der Waals surface area contributed by atoms with E-state index in [0.29, 0.717) is 42.7 Å². The predicted molar refractivity (Wildman–Crippen MR) is 102 cm³/mol. The van der Waals surface area contributed by atoms with Gasteiger partial charge >= 0.3 is 6.09 Å². The van der Waals surface area contributed by atoms with E-state index < -0.39 is 0 Å². The Kier molecular flexibility index (Phi) is 5.78. The summed E-state index contributed by atoms with van der Waals surface area (Å²) < 4.78 is 5.01. The molecule has 8 heteroatoms. The van der Waals surface area contributed by atoms with Gasteiger partial charge in [-0.3, -0.25) is 4.79 Å². The monoisotopic (exact) mass is 393 g/mol. The number of halogens is 1. The number of nitrogens with zero attached hydrogens (tertiary/aromatic N) is 3. The summed E-state index contributed by atoms with van der Waals surface area (Å²) in [5.41, 5.74) is 1.66. The van der Waals surface area contributed by atoms with E-state index in [1.54, 1.807) is 16.7 Å². The summed E-state index contributed by atoms with van der Waals surface area (Å²) in [5, 5.41) is 1.46. The number of ether oxygens (including phenoxy) is 1. The first-order chi connectivity index (χ1) is 12.5. The van der Waals surface area contributed by atoms with Crippen molar-refractivity contribution in [3.05, 3.63) is 39.9 Å². The van der Waals surface area contributed by atoms with E-state index in [2.05, 4.69) is 4.98 Å². The van der Waals surface area contributed by atoms with Crippen LogP contribution in [0.25, 0.3) is 10.6 Å². The lowest BCUT2D eigenvalue weighted by atomic mass is 10.2. The maximum absolute atomic E-state index is 12.9. The highest BCUT2D eigenvalue weighted by molar-refractivity contribution is 7.17. The SMILES string of the molecule is CCOC(=O)N1CCN(C(=O)c2sc(-c3ccc(Cl)cc3)nc2C)CC1. The Morgan fingerprint density at radius 1 is 1.15 bits per heavy atom. The van der Waals surface area contributed by atoms with Crippen molar-refractivity contribution in [2.75, 3.05) is 32.8 Å². The predicted octanol–water partition coefficient (Wildman–Crippen LogP) is 3.69. The van der Waals surface area contributed by atoms with Crippen molar-refractivity contribution in [2.45, 2.75) is 13.8 Å². The van der Waals surface area contributed by atoms with Crippen molar-refractivity contribution in [3.8, 4) is 10.6 Å². The average molecular weight is 394 g/mol. The quantitative estimate of drug-likeness (QED) is 0.797. The molecule has 1 fully saturated rings. The van der Waals surface area contributed by atoms with Gasteiger partial charge in [0.25, 0.3) is 5.91 Å². The summed E-state index contributed by atoms with van der Waals surface area (Å²) in [5.74, 6) is -0.0382. The van der Waals surface area contributed by atoms with Gasteiger partial charge in [-0.05, 0) is 26.0 Å². The minimum Gasteiger partial charge on any atom is -0.450 e. The summed E-state index contributed by atoms with van der Waals surface area (Å²) in [6.45, 7) is 5.92. The lowest BCUT2D eigenvalue weighted by Gasteiger charge is -2.33. The van der Waals surface area contributed by atoms with E-state index in [-0.39, 0.29) is 12.0 Å². The third-order valence-electron chi connectivity index (χ3n) is 4.17. The van der Waals surface area contributed by atoms with Gasteiger partial charge in [-0.15, -0.1) is 11.3 Å². The molecule has 0 radical (unpaired) electrons. The Labute approximate surface area is 161 Å². The van der Waals surface area contributed by atoms with Gasteiger partial charge in [-0.1, -0.05) is 23.7 Å². The van der Waals surface area contributed by atoms with Gasteiger partial charge < -0.3 is 14.5 Å². The highest BCUT2D eigenvalue weighted by Crippen LogP contribution is 2.29. The fourth-order valence-corrected chi connectivity index (χ4v) is 3.93. The summed E-state index contributed by atoms with van der Waals surface area (Å²) >= 11 is 7.31. The number of hydrogen-bond donors (Lipinski definition) is 0. The molecule has 1 saturated heterocycles. The molecule has 0 bridgehead atoms. The molecule has 1 aromatic heterocycles. The topological polar surface area (TPSA) is 62.7 Å². The number of carbonyl (C=O) groups excluding carboxylic acids is 2. The number of piperazine rings is 1. The second-order valence-corrected chi connectivity index (χ2v) is 7.35. The van der Waals surface area contributed by atoms with E-state index in [1.807, 2.05) is 31.2 Å². The average Bonchev–Trinajstić information content (AvgIpc) is 3.04. The molecule has 26 heavy (non-hydrogen) atoms. The zero-order valence-corrected chi connectivity index (χ0v) is 16.3. The van der Waals surface area contributed by atoms with Crippen molar-refractivity contribution >= 4 is 34.9 Å². The molecule has 0 N–H and O–H groups in total. The first kappa shape index (κ1) is 18.7. The minimum atomic E-state index is -0.321. The summed E-state index contributed by atoms with van der Waals surface area (Å²) in [7, 11) is 0. The molecular formula is C18H20ClN3O3S. The molecule has 0 spiro atoms. The molecule has 3 rings (SSSR count). The van der Waals surface area contributed by atoms with Crippen LogP contribution in [-0.4, -0.2) is 59.6 Å². The van der Waals surface area contributed by atoms with E-state index in [0.717, 1.165) is 16.3 Å². The number of hydrogen-bond acceptors (Lipinski definition) is 5. The molecule has 1 aliphatic heterocycles. The van der Waals surface area contributed by atoms with Crippen molar-refractivity contribution in [2.24, 2.45) is 0 Å². The number of aromatic nitrogens is 1. The molecule has 0 aliphatic carbocycles. The number of aryl methyl sites for hydroxylation is 1. The number of carbonyl (C=O) groups is 2. The van der Waals surface area contributed by atoms with Crippen LogP contribution in [0.4, 0.5) is 4.79 Å². The van der Waals surface area contributed by atoms with Gasteiger partial charge in [-0.2, -0.15) is 0 Å². The van der Waals surface area contributed by atoms with Crippen LogP contribution >= 0.6 is 22.9 Å². The number of amides is 2. The highest BCUT2D eigenvalue weighted by Gasteiger charge is 2.27. The lowest BCUT2D eigenvalue weighted by molar-refractivity contribution is 0.0573. The van der Waals surface area contributed by atoms with Crippen LogP contribution in [0.15, 0.2) is 24.3 Å². The fourth-order valence-electron chi connectivity index (χ4n) is 2.76. The van der Waals surface area contributed by atoms with Crippen LogP contribution in [0, 0.1) is 6.92 Å². The molecule has 2 heterocycles. The van der Waals surface area contributed by atoms with Gasteiger partial charge in [0, 0.05) is 36.8 Å². The van der Waals surface area contributed by atoms with E-state index in [9.17, 15) is 9.59 Å². The van der Waals surface area contributed by atoms with Crippen molar-refractivity contribution in [3.63, 3.8) is 0 Å². The van der Waals surface area contributed by atoms with Crippen LogP contribution in [0.2, 0.25) is 5.02 Å². The molecule has 2 amide bonds. The molecule has 0 unspecified atom stereocenters. The first-order valence-corrected chi connectivity index (χ1v) is 9.63. The molecule has 0 atom stereocenters. The van der Waals surface area contributed by atoms with E-state index in [4.69, 9.17) is 16.3 Å². The Hall–Kier alpha value is -2.12. The third-order valence-corrected chi connectivity index (χ3v) is 5.62. The smallest absolute Gasteiger partial charge is 0.409 e. The normalized spacial score (nSPS) is 14.4. The highest BCUT2D eigenvalue weighted by atomic mass is 35.5. The van der Waals surface area contributed by atoms with Crippen LogP contribution in [-0.2, 0) is 4.74 Å². The largest absolute Gasteiger partial charge is 0.450 e. The van der Waals surface area contributed by atoms with Crippen LogP contribution in [0.1, 0.15) is 22.3 Å². The maximum atomic E-state index is 12.9.